The van der Waals surface area contributed by atoms with Crippen LogP contribution < -0.4 is 16.0 Å². The molecule has 3 rings (SSSR count). The minimum Gasteiger partial charge on any atom is -0.354 e. The summed E-state index contributed by atoms with van der Waals surface area (Å²) < 4.78 is 0. The first kappa shape index (κ1) is 20.4. The van der Waals surface area contributed by atoms with E-state index in [9.17, 15) is 19.2 Å². The molecule has 3 fully saturated rings. The van der Waals surface area contributed by atoms with E-state index in [4.69, 9.17) is 0 Å². The second-order valence-electron chi connectivity index (χ2n) is 7.95. The maximum atomic E-state index is 12.8. The molecule has 1 saturated carbocycles. The van der Waals surface area contributed by atoms with Crippen LogP contribution in [0.25, 0.3) is 0 Å². The van der Waals surface area contributed by atoms with Gasteiger partial charge in [0, 0.05) is 32.6 Å². The molecule has 5 amide bonds. The van der Waals surface area contributed by atoms with E-state index in [0.29, 0.717) is 26.1 Å². The van der Waals surface area contributed by atoms with E-state index < -0.39 is 12.1 Å². The summed E-state index contributed by atoms with van der Waals surface area (Å²) in [4.78, 5) is 52.6. The first-order valence-electron chi connectivity index (χ1n) is 10.4. The number of hydrogen-bond acceptors (Lipinski definition) is 4. The van der Waals surface area contributed by atoms with Gasteiger partial charge in [-0.3, -0.25) is 14.4 Å². The number of urea groups is 1. The average molecular weight is 393 g/mol. The van der Waals surface area contributed by atoms with Gasteiger partial charge in [-0.15, -0.1) is 0 Å². The van der Waals surface area contributed by atoms with Crippen LogP contribution in [0.4, 0.5) is 4.79 Å². The molecular formula is C19H31N5O4. The van der Waals surface area contributed by atoms with E-state index in [1.807, 2.05) is 0 Å². The van der Waals surface area contributed by atoms with E-state index in [2.05, 4.69) is 16.0 Å². The lowest BCUT2D eigenvalue weighted by molar-refractivity contribution is -0.143. The number of piperidine rings is 1. The van der Waals surface area contributed by atoms with Gasteiger partial charge in [0.2, 0.25) is 17.7 Å². The second-order valence-corrected chi connectivity index (χ2v) is 7.95. The first-order chi connectivity index (χ1) is 13.5. The molecule has 9 heteroatoms. The number of amides is 5. The number of hydrogen-bond donors (Lipinski definition) is 3. The topological polar surface area (TPSA) is 111 Å². The van der Waals surface area contributed by atoms with Crippen molar-refractivity contribution < 1.29 is 19.2 Å². The number of carbonyl (C=O) groups is 4. The second kappa shape index (κ2) is 9.25. The van der Waals surface area contributed by atoms with Gasteiger partial charge in [-0.25, -0.2) is 4.79 Å². The van der Waals surface area contributed by atoms with E-state index in [-0.39, 0.29) is 36.3 Å². The van der Waals surface area contributed by atoms with Crippen molar-refractivity contribution in [1.29, 1.82) is 0 Å². The van der Waals surface area contributed by atoms with Crippen molar-refractivity contribution in [3.63, 3.8) is 0 Å². The molecule has 3 N–H and O–H groups in total. The van der Waals surface area contributed by atoms with Crippen LogP contribution in [-0.4, -0.2) is 77.9 Å². The van der Waals surface area contributed by atoms with Crippen molar-refractivity contribution in [3.05, 3.63) is 0 Å². The third-order valence-corrected chi connectivity index (χ3v) is 5.91. The van der Waals surface area contributed by atoms with E-state index in [1.54, 1.807) is 4.90 Å². The standard InChI is InChI=1S/C19H31N5O4/c1-13(25)24-11-10-23(19(28)21-14-6-3-2-4-7-14)12-16(24)18(27)22-15-8-5-9-20-17(15)26/h14-16H,2-12H2,1H3,(H,20,26)(H,21,28)(H,22,27)/t15-,16-/m0/s1. The molecular weight excluding hydrogens is 362 g/mol. The summed E-state index contributed by atoms with van der Waals surface area (Å²) in [7, 11) is 0. The Hall–Kier alpha value is -2.32. The molecule has 2 aliphatic heterocycles. The first-order valence-corrected chi connectivity index (χ1v) is 10.4. The van der Waals surface area contributed by atoms with Gasteiger partial charge in [-0.1, -0.05) is 19.3 Å². The molecule has 0 unspecified atom stereocenters. The summed E-state index contributed by atoms with van der Waals surface area (Å²) in [6.07, 6.45) is 6.80. The van der Waals surface area contributed by atoms with E-state index in [0.717, 1.165) is 32.1 Å². The monoisotopic (exact) mass is 393 g/mol. The van der Waals surface area contributed by atoms with Crippen molar-refractivity contribution in [2.45, 2.75) is 70.0 Å². The molecule has 1 aliphatic carbocycles. The van der Waals surface area contributed by atoms with Crippen LogP contribution in [0.1, 0.15) is 51.9 Å². The third-order valence-electron chi connectivity index (χ3n) is 5.91. The summed E-state index contributed by atoms with van der Waals surface area (Å²) in [5.74, 6) is -0.787. The molecule has 156 valence electrons. The lowest BCUT2D eigenvalue weighted by atomic mass is 9.96. The van der Waals surface area contributed by atoms with Gasteiger partial charge in [0.1, 0.15) is 12.1 Å². The Balaban J connectivity index is 1.62. The number of rotatable bonds is 3. The molecule has 2 saturated heterocycles. The molecule has 0 aromatic heterocycles. The highest BCUT2D eigenvalue weighted by Gasteiger charge is 2.37. The highest BCUT2D eigenvalue weighted by Crippen LogP contribution is 2.18. The van der Waals surface area contributed by atoms with Crippen LogP contribution >= 0.6 is 0 Å². The lowest BCUT2D eigenvalue weighted by Crippen LogP contribution is -2.64. The average Bonchev–Trinajstić information content (AvgIpc) is 2.70. The molecule has 2 heterocycles. The molecule has 0 spiro atoms. The van der Waals surface area contributed by atoms with Gasteiger partial charge in [-0.05, 0) is 25.7 Å². The molecule has 2 atom stereocenters. The SMILES string of the molecule is CC(=O)N1CCN(C(=O)NC2CCCCC2)C[C@H]1C(=O)N[C@H]1CCCNC1=O. The van der Waals surface area contributed by atoms with Crippen molar-refractivity contribution in [1.82, 2.24) is 25.8 Å². The Kier molecular flexibility index (Phi) is 6.74. The summed E-state index contributed by atoms with van der Waals surface area (Å²) in [5, 5.41) is 8.57. The minimum atomic E-state index is -0.780. The van der Waals surface area contributed by atoms with Gasteiger partial charge < -0.3 is 25.8 Å². The zero-order chi connectivity index (χ0) is 20.1. The van der Waals surface area contributed by atoms with Crippen LogP contribution in [0.3, 0.4) is 0 Å². The fraction of sp³-hybridized carbons (Fsp3) is 0.789. The van der Waals surface area contributed by atoms with Gasteiger partial charge >= 0.3 is 6.03 Å². The zero-order valence-corrected chi connectivity index (χ0v) is 16.5. The lowest BCUT2D eigenvalue weighted by Gasteiger charge is -2.41. The molecule has 0 aromatic carbocycles. The predicted molar refractivity (Wildman–Crippen MR) is 102 cm³/mol. The highest BCUT2D eigenvalue weighted by atomic mass is 16.2. The maximum absolute atomic E-state index is 12.8. The Morgan fingerprint density at radius 2 is 1.75 bits per heavy atom. The zero-order valence-electron chi connectivity index (χ0n) is 16.5. The summed E-state index contributed by atoms with van der Waals surface area (Å²) >= 11 is 0. The fourth-order valence-electron chi connectivity index (χ4n) is 4.26. The smallest absolute Gasteiger partial charge is 0.317 e. The van der Waals surface area contributed by atoms with Crippen LogP contribution in [0, 0.1) is 0 Å². The Morgan fingerprint density at radius 3 is 2.43 bits per heavy atom. The van der Waals surface area contributed by atoms with Crippen molar-refractivity contribution >= 4 is 23.8 Å². The normalized spacial score (nSPS) is 26.4. The predicted octanol–water partition coefficient (Wildman–Crippen LogP) is -0.0438. The molecule has 0 aromatic rings. The highest BCUT2D eigenvalue weighted by molar-refractivity contribution is 5.92. The summed E-state index contributed by atoms with van der Waals surface area (Å²) in [5.41, 5.74) is 0. The number of nitrogens with one attached hydrogen (secondary N) is 3. The van der Waals surface area contributed by atoms with Gasteiger partial charge in [0.25, 0.3) is 0 Å². The van der Waals surface area contributed by atoms with Gasteiger partial charge in [0.15, 0.2) is 0 Å². The van der Waals surface area contributed by atoms with Gasteiger partial charge in [0.05, 0.1) is 6.54 Å². The number of carbonyl (C=O) groups excluding carboxylic acids is 4. The fourth-order valence-corrected chi connectivity index (χ4v) is 4.26. The minimum absolute atomic E-state index is 0.137. The largest absolute Gasteiger partial charge is 0.354 e. The Labute approximate surface area is 165 Å². The molecule has 0 radical (unpaired) electrons. The molecule has 9 nitrogen and oxygen atoms in total. The van der Waals surface area contributed by atoms with Crippen LogP contribution in [0.15, 0.2) is 0 Å². The van der Waals surface area contributed by atoms with Crippen molar-refractivity contribution in [3.8, 4) is 0 Å². The Bertz CT molecular complexity index is 619. The summed E-state index contributed by atoms with van der Waals surface area (Å²) in [6, 6.07) is -1.35. The van der Waals surface area contributed by atoms with Crippen LogP contribution in [-0.2, 0) is 14.4 Å². The van der Waals surface area contributed by atoms with Crippen molar-refractivity contribution in [2.75, 3.05) is 26.2 Å². The number of nitrogens with zero attached hydrogens (tertiary/aromatic N) is 2. The third kappa shape index (κ3) is 4.94. The van der Waals surface area contributed by atoms with E-state index in [1.165, 1.54) is 18.2 Å². The van der Waals surface area contributed by atoms with E-state index >= 15 is 0 Å². The molecule has 3 aliphatic rings. The Morgan fingerprint density at radius 1 is 1.00 bits per heavy atom. The van der Waals surface area contributed by atoms with Crippen LogP contribution in [0.5, 0.6) is 0 Å². The molecule has 28 heavy (non-hydrogen) atoms. The molecule has 0 bridgehead atoms. The van der Waals surface area contributed by atoms with Crippen molar-refractivity contribution in [2.24, 2.45) is 0 Å². The maximum Gasteiger partial charge on any atom is 0.317 e. The number of piperazine rings is 1. The summed E-state index contributed by atoms with van der Waals surface area (Å²) in [6.45, 7) is 2.88. The quantitative estimate of drug-likeness (QED) is 0.625. The van der Waals surface area contributed by atoms with Gasteiger partial charge in [-0.2, -0.15) is 0 Å². The van der Waals surface area contributed by atoms with Crippen LogP contribution in [0.2, 0.25) is 0 Å².